The minimum absolute atomic E-state index is 0.0408. The van der Waals surface area contributed by atoms with Crippen LogP contribution in [0.1, 0.15) is 53.5 Å². The van der Waals surface area contributed by atoms with Gasteiger partial charge in [-0.2, -0.15) is 4.31 Å². The number of sulfonamides is 1. The fourth-order valence-corrected chi connectivity index (χ4v) is 6.17. The van der Waals surface area contributed by atoms with E-state index in [0.29, 0.717) is 12.1 Å². The van der Waals surface area contributed by atoms with Crippen LogP contribution < -0.4 is 4.74 Å². The van der Waals surface area contributed by atoms with E-state index in [9.17, 15) is 18.3 Å². The number of carboxylic acid groups (broad SMARTS) is 1. The van der Waals surface area contributed by atoms with Crippen molar-refractivity contribution >= 4 is 21.7 Å². The molecule has 1 aromatic heterocycles. The number of rotatable bonds is 7. The summed E-state index contributed by atoms with van der Waals surface area (Å²) in [6.07, 6.45) is 1.65. The molecule has 2 heterocycles. The molecular formula is C28H29N3O5S. The molecule has 8 nitrogen and oxygen atoms in total. The summed E-state index contributed by atoms with van der Waals surface area (Å²) in [5.41, 5.74) is 4.62. The van der Waals surface area contributed by atoms with E-state index in [0.717, 1.165) is 27.8 Å². The van der Waals surface area contributed by atoms with Gasteiger partial charge in [-0.05, 0) is 54.7 Å². The Bertz CT molecular complexity index is 1480. The van der Waals surface area contributed by atoms with Gasteiger partial charge in [0.25, 0.3) is 0 Å². The molecule has 0 saturated heterocycles. The molecule has 1 aliphatic heterocycles. The van der Waals surface area contributed by atoms with Crippen LogP contribution in [0.25, 0.3) is 4.85 Å². The summed E-state index contributed by atoms with van der Waals surface area (Å²) in [6.45, 7) is 13.3. The Morgan fingerprint density at radius 2 is 2.00 bits per heavy atom. The molecule has 0 spiro atoms. The first-order valence-electron chi connectivity index (χ1n) is 12.0. The van der Waals surface area contributed by atoms with Crippen molar-refractivity contribution in [1.29, 1.82) is 0 Å². The van der Waals surface area contributed by atoms with Crippen LogP contribution in [0.5, 0.6) is 5.88 Å². The van der Waals surface area contributed by atoms with Gasteiger partial charge in [-0.3, -0.25) is 4.79 Å². The van der Waals surface area contributed by atoms with E-state index in [1.165, 1.54) is 16.6 Å². The number of nitrogens with zero attached hydrogens (tertiary/aromatic N) is 3. The van der Waals surface area contributed by atoms with Crippen molar-refractivity contribution in [2.75, 3.05) is 6.54 Å². The lowest BCUT2D eigenvalue weighted by Gasteiger charge is -2.25. The predicted octanol–water partition coefficient (Wildman–Crippen LogP) is 5.22. The normalized spacial score (nSPS) is 17.6. The number of pyridine rings is 1. The summed E-state index contributed by atoms with van der Waals surface area (Å²) in [7, 11) is -3.87. The Hall–Kier alpha value is -3.74. The minimum Gasteiger partial charge on any atom is -0.481 e. The maximum Gasteiger partial charge on any atom is 0.304 e. The largest absolute Gasteiger partial charge is 0.481 e. The molecule has 3 aromatic rings. The number of aliphatic carboxylic acids is 1. The third-order valence-corrected chi connectivity index (χ3v) is 8.58. The van der Waals surface area contributed by atoms with E-state index < -0.39 is 21.9 Å². The highest BCUT2D eigenvalue weighted by Crippen LogP contribution is 2.35. The van der Waals surface area contributed by atoms with Gasteiger partial charge in [0.2, 0.25) is 15.9 Å². The quantitative estimate of drug-likeness (QED) is 0.430. The number of hydrogen-bond acceptors (Lipinski definition) is 5. The first-order valence-corrected chi connectivity index (χ1v) is 13.5. The fraction of sp³-hybridized carbons (Fsp3) is 0.321. The van der Waals surface area contributed by atoms with Crippen LogP contribution in [0.3, 0.4) is 0 Å². The van der Waals surface area contributed by atoms with Gasteiger partial charge < -0.3 is 9.84 Å². The second kappa shape index (κ2) is 10.7. The lowest BCUT2D eigenvalue weighted by atomic mass is 9.84. The zero-order chi connectivity index (χ0) is 26.7. The molecule has 37 heavy (non-hydrogen) atoms. The predicted molar refractivity (Wildman–Crippen MR) is 139 cm³/mol. The molecule has 1 unspecified atom stereocenters. The van der Waals surface area contributed by atoms with E-state index in [1.807, 2.05) is 45.0 Å². The maximum atomic E-state index is 13.6. The van der Waals surface area contributed by atoms with Gasteiger partial charge in [0.1, 0.15) is 11.0 Å². The van der Waals surface area contributed by atoms with Crippen LogP contribution in [0.2, 0.25) is 0 Å². The summed E-state index contributed by atoms with van der Waals surface area (Å²) in [5, 5.41) is 9.68. The number of ether oxygens (including phenoxy) is 1. The zero-order valence-corrected chi connectivity index (χ0v) is 21.8. The molecule has 2 atom stereocenters. The van der Waals surface area contributed by atoms with Gasteiger partial charge in [-0.25, -0.2) is 18.2 Å². The molecule has 192 valence electrons. The molecule has 4 rings (SSSR count). The van der Waals surface area contributed by atoms with E-state index >= 15 is 0 Å². The molecule has 0 aliphatic carbocycles. The molecule has 0 saturated carbocycles. The minimum atomic E-state index is -3.87. The highest BCUT2D eigenvalue weighted by molar-refractivity contribution is 7.89. The fourth-order valence-electron chi connectivity index (χ4n) is 4.65. The summed E-state index contributed by atoms with van der Waals surface area (Å²) >= 11 is 0. The first-order chi connectivity index (χ1) is 17.6. The average Bonchev–Trinajstić information content (AvgIpc) is 2.97. The van der Waals surface area contributed by atoms with Gasteiger partial charge in [0.05, 0.1) is 19.5 Å². The highest BCUT2D eigenvalue weighted by atomic mass is 32.2. The summed E-state index contributed by atoms with van der Waals surface area (Å²) < 4.78 is 34.5. The number of hydrogen-bond donors (Lipinski definition) is 1. The van der Waals surface area contributed by atoms with Crippen LogP contribution in [0.15, 0.2) is 59.6 Å². The van der Waals surface area contributed by atoms with Crippen molar-refractivity contribution in [3.63, 3.8) is 0 Å². The summed E-state index contributed by atoms with van der Waals surface area (Å²) in [6, 6.07) is 14.0. The van der Waals surface area contributed by atoms with Gasteiger partial charge >= 0.3 is 5.97 Å². The van der Waals surface area contributed by atoms with Crippen molar-refractivity contribution in [2.24, 2.45) is 0 Å². The number of benzene rings is 2. The monoisotopic (exact) mass is 519 g/mol. The Morgan fingerprint density at radius 3 is 2.68 bits per heavy atom. The van der Waals surface area contributed by atoms with E-state index in [4.69, 9.17) is 11.3 Å². The standard InChI is InChI=1S/C28H29N3O5S/c1-5-23-17-31(37(34,35)26-7-6-12-30-28(26)36-23)16-21-14-20(9-8-18(21)2)25(15-27(32)33)24-11-10-22(29-4)13-19(24)3/h6-14,23,25H,5,15-17H2,1-3H3,(H,32,33)/t23-,25?/m1/s1. The van der Waals surface area contributed by atoms with Crippen molar-refractivity contribution in [3.05, 3.63) is 94.0 Å². The van der Waals surface area contributed by atoms with Crippen molar-refractivity contribution in [2.45, 2.75) is 57.1 Å². The van der Waals surface area contributed by atoms with Gasteiger partial charge in [0.15, 0.2) is 5.69 Å². The van der Waals surface area contributed by atoms with E-state index in [1.54, 1.807) is 18.2 Å². The number of carbonyl (C=O) groups is 1. The third-order valence-electron chi connectivity index (χ3n) is 6.75. The van der Waals surface area contributed by atoms with Crippen molar-refractivity contribution in [3.8, 4) is 5.88 Å². The Kier molecular flexibility index (Phi) is 7.62. The molecule has 1 N–H and O–H groups in total. The third kappa shape index (κ3) is 5.50. The molecule has 9 heteroatoms. The van der Waals surface area contributed by atoms with E-state index in [2.05, 4.69) is 9.83 Å². The molecular weight excluding hydrogens is 490 g/mol. The van der Waals surface area contributed by atoms with Gasteiger partial charge in [-0.15, -0.1) is 0 Å². The smallest absolute Gasteiger partial charge is 0.304 e. The average molecular weight is 520 g/mol. The maximum absolute atomic E-state index is 13.6. The lowest BCUT2D eigenvalue weighted by molar-refractivity contribution is -0.137. The molecule has 2 aromatic carbocycles. The van der Waals surface area contributed by atoms with Gasteiger partial charge in [0, 0.05) is 18.7 Å². The van der Waals surface area contributed by atoms with Crippen LogP contribution in [-0.4, -0.2) is 41.4 Å². The Morgan fingerprint density at radius 1 is 1.22 bits per heavy atom. The number of fused-ring (bicyclic) bond motifs is 1. The van der Waals surface area contributed by atoms with Crippen LogP contribution in [-0.2, 0) is 21.4 Å². The molecule has 0 fully saturated rings. The van der Waals surface area contributed by atoms with Crippen LogP contribution >= 0.6 is 0 Å². The van der Waals surface area contributed by atoms with Crippen molar-refractivity contribution in [1.82, 2.24) is 9.29 Å². The number of aromatic nitrogens is 1. The SMILES string of the molecule is [C-]#[N+]c1ccc(C(CC(=O)O)c2ccc(C)c(CN3C[C@@H](CC)Oc4ncccc4S3(=O)=O)c2)c(C)c1. The number of aryl methyl sites for hydroxylation is 2. The Balaban J connectivity index is 1.75. The topological polar surface area (TPSA) is 101 Å². The Labute approximate surface area is 217 Å². The summed E-state index contributed by atoms with van der Waals surface area (Å²) in [4.78, 5) is 19.5. The first kappa shape index (κ1) is 26.3. The van der Waals surface area contributed by atoms with Crippen molar-refractivity contribution < 1.29 is 23.1 Å². The second-order valence-corrected chi connectivity index (χ2v) is 11.1. The summed E-state index contributed by atoms with van der Waals surface area (Å²) in [5.74, 6) is -1.28. The molecule has 0 amide bonds. The van der Waals surface area contributed by atoms with Crippen LogP contribution in [0, 0.1) is 20.4 Å². The number of carboxylic acids is 1. The molecule has 1 aliphatic rings. The van der Waals surface area contributed by atoms with Crippen LogP contribution in [0.4, 0.5) is 5.69 Å². The van der Waals surface area contributed by atoms with Gasteiger partial charge in [-0.1, -0.05) is 48.9 Å². The lowest BCUT2D eigenvalue weighted by Crippen LogP contribution is -2.36. The zero-order valence-electron chi connectivity index (χ0n) is 21.0. The highest BCUT2D eigenvalue weighted by Gasteiger charge is 2.35. The molecule has 0 bridgehead atoms. The second-order valence-electron chi connectivity index (χ2n) is 9.24. The van der Waals surface area contributed by atoms with E-state index in [-0.39, 0.29) is 36.4 Å². The molecule has 0 radical (unpaired) electrons.